The minimum absolute atomic E-state index is 0.0935. The molecule has 2 aliphatic rings. The van der Waals surface area contributed by atoms with Crippen LogP contribution in [0.15, 0.2) is 0 Å². The summed E-state index contributed by atoms with van der Waals surface area (Å²) >= 11 is 0. The van der Waals surface area contributed by atoms with Crippen LogP contribution in [-0.4, -0.2) is 36.9 Å². The first-order valence-electron chi connectivity index (χ1n) is 8.32. The first-order valence-corrected chi connectivity index (χ1v) is 8.32. The molecule has 0 aromatic rings. The molecule has 0 amide bonds. The van der Waals surface area contributed by atoms with Gasteiger partial charge in [0, 0.05) is 30.7 Å². The highest BCUT2D eigenvalue weighted by molar-refractivity contribution is 4.94. The number of aliphatic hydroxyl groups excluding tert-OH is 1. The largest absolute Gasteiger partial charge is 0.396 e. The van der Waals surface area contributed by atoms with E-state index in [0.29, 0.717) is 12.6 Å². The molecule has 2 fully saturated rings. The van der Waals surface area contributed by atoms with E-state index in [-0.39, 0.29) is 5.41 Å². The van der Waals surface area contributed by atoms with E-state index in [0.717, 1.165) is 31.3 Å². The minimum Gasteiger partial charge on any atom is -0.396 e. The van der Waals surface area contributed by atoms with Crippen LogP contribution in [0.25, 0.3) is 0 Å². The van der Waals surface area contributed by atoms with Crippen LogP contribution in [0.5, 0.6) is 0 Å². The Morgan fingerprint density at radius 2 is 1.95 bits per heavy atom. The van der Waals surface area contributed by atoms with Crippen molar-refractivity contribution in [1.29, 1.82) is 0 Å². The third kappa shape index (κ3) is 3.50. The molecule has 1 heterocycles. The molecule has 3 unspecified atom stereocenters. The molecule has 112 valence electrons. The lowest BCUT2D eigenvalue weighted by Gasteiger charge is -2.34. The summed E-state index contributed by atoms with van der Waals surface area (Å²) in [5.74, 6) is 0.813. The second kappa shape index (κ2) is 7.05. The number of rotatable bonds is 7. The van der Waals surface area contributed by atoms with Gasteiger partial charge in [0.05, 0.1) is 0 Å². The van der Waals surface area contributed by atoms with Crippen LogP contribution in [0.4, 0.5) is 0 Å². The van der Waals surface area contributed by atoms with Gasteiger partial charge in [-0.1, -0.05) is 20.3 Å². The Morgan fingerprint density at radius 1 is 1.16 bits per heavy atom. The van der Waals surface area contributed by atoms with Crippen molar-refractivity contribution in [3.05, 3.63) is 0 Å². The molecular formula is C16H32N2O. The Hall–Kier alpha value is -0.120. The smallest absolute Gasteiger partial charge is 0.0499 e. The summed E-state index contributed by atoms with van der Waals surface area (Å²) in [6.45, 7) is 6.90. The Labute approximate surface area is 118 Å². The van der Waals surface area contributed by atoms with Crippen molar-refractivity contribution >= 4 is 0 Å². The zero-order chi connectivity index (χ0) is 13.7. The van der Waals surface area contributed by atoms with Gasteiger partial charge in [0.2, 0.25) is 0 Å². The standard InChI is InChI=1S/C16H32N2O/c1-3-16(4-2,12-19)11-18-15-8-5-7-13(15)14-9-6-10-17-14/h13-15,17-19H,3-12H2,1-2H3. The fraction of sp³-hybridized carbons (Fsp3) is 1.00. The highest BCUT2D eigenvalue weighted by Crippen LogP contribution is 2.33. The Bertz CT molecular complexity index is 251. The van der Waals surface area contributed by atoms with Crippen LogP contribution < -0.4 is 10.6 Å². The molecule has 1 saturated carbocycles. The van der Waals surface area contributed by atoms with E-state index in [1.54, 1.807) is 0 Å². The Kier molecular flexibility index (Phi) is 5.67. The number of nitrogens with one attached hydrogen (secondary N) is 2. The highest BCUT2D eigenvalue weighted by Gasteiger charge is 2.36. The second-order valence-corrected chi connectivity index (χ2v) is 6.65. The van der Waals surface area contributed by atoms with Gasteiger partial charge in [-0.15, -0.1) is 0 Å². The number of hydrogen-bond donors (Lipinski definition) is 3. The average molecular weight is 268 g/mol. The second-order valence-electron chi connectivity index (χ2n) is 6.65. The van der Waals surface area contributed by atoms with E-state index < -0.39 is 0 Å². The first kappa shape index (κ1) is 15.3. The fourth-order valence-corrected chi connectivity index (χ4v) is 3.93. The van der Waals surface area contributed by atoms with Gasteiger partial charge in [-0.25, -0.2) is 0 Å². The van der Waals surface area contributed by atoms with Crippen LogP contribution in [0.2, 0.25) is 0 Å². The van der Waals surface area contributed by atoms with Crippen molar-refractivity contribution in [3.8, 4) is 0 Å². The van der Waals surface area contributed by atoms with Gasteiger partial charge in [-0.2, -0.15) is 0 Å². The van der Waals surface area contributed by atoms with Gasteiger partial charge in [0.15, 0.2) is 0 Å². The van der Waals surface area contributed by atoms with Crippen molar-refractivity contribution in [1.82, 2.24) is 10.6 Å². The predicted octanol–water partition coefficient (Wildman–Crippen LogP) is 2.30. The summed E-state index contributed by atoms with van der Waals surface area (Å²) in [6, 6.07) is 1.41. The van der Waals surface area contributed by atoms with Crippen LogP contribution >= 0.6 is 0 Å². The molecular weight excluding hydrogens is 236 g/mol. The normalized spacial score (nSPS) is 32.1. The summed E-state index contributed by atoms with van der Waals surface area (Å²) in [5.41, 5.74) is 0.0935. The lowest BCUT2D eigenvalue weighted by molar-refractivity contribution is 0.106. The van der Waals surface area contributed by atoms with Crippen LogP contribution in [0.1, 0.15) is 58.8 Å². The van der Waals surface area contributed by atoms with Crippen molar-refractivity contribution < 1.29 is 5.11 Å². The lowest BCUT2D eigenvalue weighted by Crippen LogP contribution is -2.46. The van der Waals surface area contributed by atoms with Gasteiger partial charge in [0.1, 0.15) is 0 Å². The quantitative estimate of drug-likeness (QED) is 0.664. The zero-order valence-corrected chi connectivity index (χ0v) is 12.8. The van der Waals surface area contributed by atoms with Gasteiger partial charge in [-0.05, 0) is 51.0 Å². The molecule has 1 saturated heterocycles. The molecule has 0 radical (unpaired) electrons. The van der Waals surface area contributed by atoms with Crippen molar-refractivity contribution in [2.24, 2.45) is 11.3 Å². The molecule has 19 heavy (non-hydrogen) atoms. The molecule has 0 bridgehead atoms. The van der Waals surface area contributed by atoms with Gasteiger partial charge >= 0.3 is 0 Å². The minimum atomic E-state index is 0.0935. The van der Waals surface area contributed by atoms with Gasteiger partial charge in [-0.3, -0.25) is 0 Å². The maximum Gasteiger partial charge on any atom is 0.0499 e. The molecule has 3 atom stereocenters. The third-order valence-corrected chi connectivity index (χ3v) is 5.76. The first-order chi connectivity index (χ1) is 9.24. The Morgan fingerprint density at radius 3 is 2.53 bits per heavy atom. The van der Waals surface area contributed by atoms with E-state index in [1.165, 1.54) is 38.6 Å². The molecule has 1 aliphatic carbocycles. The van der Waals surface area contributed by atoms with Crippen LogP contribution in [-0.2, 0) is 0 Å². The maximum absolute atomic E-state index is 9.68. The molecule has 2 rings (SSSR count). The van der Waals surface area contributed by atoms with Crippen molar-refractivity contribution in [3.63, 3.8) is 0 Å². The highest BCUT2D eigenvalue weighted by atomic mass is 16.3. The molecule has 3 heteroatoms. The summed E-state index contributed by atoms with van der Waals surface area (Å²) in [4.78, 5) is 0. The van der Waals surface area contributed by atoms with Crippen molar-refractivity contribution in [2.75, 3.05) is 19.7 Å². The van der Waals surface area contributed by atoms with E-state index in [1.807, 2.05) is 0 Å². The maximum atomic E-state index is 9.68. The predicted molar refractivity (Wildman–Crippen MR) is 80.3 cm³/mol. The fourth-order valence-electron chi connectivity index (χ4n) is 3.93. The molecule has 0 aromatic carbocycles. The number of hydrogen-bond acceptors (Lipinski definition) is 3. The molecule has 0 spiro atoms. The van der Waals surface area contributed by atoms with Crippen LogP contribution in [0, 0.1) is 11.3 Å². The molecule has 3 nitrogen and oxygen atoms in total. The molecule has 0 aromatic heterocycles. The third-order valence-electron chi connectivity index (χ3n) is 5.76. The van der Waals surface area contributed by atoms with E-state index in [9.17, 15) is 5.11 Å². The summed E-state index contributed by atoms with van der Waals surface area (Å²) in [5, 5.41) is 17.2. The summed E-state index contributed by atoms with van der Waals surface area (Å²) in [6.07, 6.45) is 8.88. The average Bonchev–Trinajstić information content (AvgIpc) is 3.11. The van der Waals surface area contributed by atoms with Gasteiger partial charge in [0.25, 0.3) is 0 Å². The topological polar surface area (TPSA) is 44.3 Å². The Balaban J connectivity index is 1.87. The van der Waals surface area contributed by atoms with E-state index in [2.05, 4.69) is 24.5 Å². The monoisotopic (exact) mass is 268 g/mol. The zero-order valence-electron chi connectivity index (χ0n) is 12.8. The lowest BCUT2D eigenvalue weighted by atomic mass is 9.82. The SMILES string of the molecule is CCC(CC)(CO)CNC1CCCC1C1CCCN1. The summed E-state index contributed by atoms with van der Waals surface area (Å²) in [7, 11) is 0. The molecule has 3 N–H and O–H groups in total. The van der Waals surface area contributed by atoms with E-state index in [4.69, 9.17) is 0 Å². The van der Waals surface area contributed by atoms with Crippen molar-refractivity contribution in [2.45, 2.75) is 70.9 Å². The van der Waals surface area contributed by atoms with E-state index >= 15 is 0 Å². The van der Waals surface area contributed by atoms with Gasteiger partial charge < -0.3 is 15.7 Å². The summed E-state index contributed by atoms with van der Waals surface area (Å²) < 4.78 is 0. The van der Waals surface area contributed by atoms with Crippen LogP contribution in [0.3, 0.4) is 0 Å². The molecule has 1 aliphatic heterocycles. The number of aliphatic hydroxyl groups is 1.